The van der Waals surface area contributed by atoms with E-state index in [9.17, 15) is 4.79 Å². The van der Waals surface area contributed by atoms with Crippen molar-refractivity contribution in [1.82, 2.24) is 4.98 Å². The van der Waals surface area contributed by atoms with Gasteiger partial charge in [-0.15, -0.1) is 0 Å². The molecule has 0 saturated heterocycles. The Hall–Kier alpha value is -2.07. The average molecular weight is 263 g/mol. The molecule has 0 fully saturated rings. The molecule has 0 atom stereocenters. The Kier molecular flexibility index (Phi) is 3.79. The lowest BCUT2D eigenvalue weighted by atomic mass is 10.2. The molecule has 0 amide bonds. The summed E-state index contributed by atoms with van der Waals surface area (Å²) < 4.78 is 5.13. The highest BCUT2D eigenvalue weighted by Crippen LogP contribution is 2.20. The Morgan fingerprint density at radius 3 is 2.89 bits per heavy atom. The molecule has 1 heterocycles. The van der Waals surface area contributed by atoms with Crippen LogP contribution in [0.2, 0.25) is 5.02 Å². The van der Waals surface area contributed by atoms with Crippen LogP contribution in [0.15, 0.2) is 42.7 Å². The van der Waals surface area contributed by atoms with Crippen molar-refractivity contribution in [3.63, 3.8) is 0 Å². The lowest BCUT2D eigenvalue weighted by Crippen LogP contribution is -2.06. The quantitative estimate of drug-likeness (QED) is 0.682. The number of ether oxygens (including phenoxy) is 1. The molecule has 0 spiro atoms. The Bertz CT molecular complexity index is 558. The van der Waals surface area contributed by atoms with Crippen molar-refractivity contribution < 1.29 is 9.53 Å². The fourth-order valence-corrected chi connectivity index (χ4v) is 1.67. The maximum atomic E-state index is 11.8. The van der Waals surface area contributed by atoms with E-state index < -0.39 is 5.97 Å². The second kappa shape index (κ2) is 5.51. The second-order valence-corrected chi connectivity index (χ2v) is 4.08. The van der Waals surface area contributed by atoms with Crippen molar-refractivity contribution in [1.29, 1.82) is 0 Å². The molecule has 0 bridgehead atoms. The van der Waals surface area contributed by atoms with E-state index >= 15 is 0 Å². The number of pyridine rings is 1. The number of hydrogen-bond acceptors (Lipinski definition) is 4. The Morgan fingerprint density at radius 2 is 2.22 bits per heavy atom. The van der Waals surface area contributed by atoms with Crippen molar-refractivity contribution in [3.8, 4) is 0 Å². The number of esters is 1. The number of rotatable bonds is 3. The summed E-state index contributed by atoms with van der Waals surface area (Å²) in [4.78, 5) is 15.7. The molecule has 0 unspecified atom stereocenters. The van der Waals surface area contributed by atoms with E-state index in [4.69, 9.17) is 22.1 Å². The van der Waals surface area contributed by atoms with Crippen LogP contribution in [0.1, 0.15) is 15.9 Å². The molecule has 2 rings (SSSR count). The highest BCUT2D eigenvalue weighted by atomic mass is 35.5. The summed E-state index contributed by atoms with van der Waals surface area (Å²) in [6, 6.07) is 8.27. The summed E-state index contributed by atoms with van der Waals surface area (Å²) in [7, 11) is 0. The lowest BCUT2D eigenvalue weighted by molar-refractivity contribution is 0.0472. The smallest absolute Gasteiger partial charge is 0.339 e. The van der Waals surface area contributed by atoms with Crippen LogP contribution in [0.3, 0.4) is 0 Å². The van der Waals surface area contributed by atoms with Gasteiger partial charge >= 0.3 is 5.97 Å². The molecule has 0 radical (unpaired) electrons. The third-order valence-electron chi connectivity index (χ3n) is 2.31. The number of carbonyl (C=O) groups excluding carboxylic acids is 1. The standard InChI is InChI=1S/C13H11ClN2O2/c14-12-6-10(15)3-4-11(12)13(17)18-8-9-2-1-5-16-7-9/h1-7H,8,15H2. The summed E-state index contributed by atoms with van der Waals surface area (Å²) in [6.45, 7) is 0.160. The van der Waals surface area contributed by atoms with Crippen LogP contribution in [-0.4, -0.2) is 11.0 Å². The van der Waals surface area contributed by atoms with Gasteiger partial charge in [-0.2, -0.15) is 0 Å². The van der Waals surface area contributed by atoms with Crippen LogP contribution in [-0.2, 0) is 11.3 Å². The second-order valence-electron chi connectivity index (χ2n) is 3.68. The van der Waals surface area contributed by atoms with Gasteiger partial charge < -0.3 is 10.5 Å². The van der Waals surface area contributed by atoms with Crippen LogP contribution >= 0.6 is 11.6 Å². The molecule has 5 heteroatoms. The van der Waals surface area contributed by atoms with Crippen LogP contribution in [0, 0.1) is 0 Å². The monoisotopic (exact) mass is 262 g/mol. The number of halogens is 1. The molecule has 1 aromatic heterocycles. The van der Waals surface area contributed by atoms with Gasteiger partial charge in [0, 0.05) is 23.6 Å². The van der Waals surface area contributed by atoms with Crippen molar-refractivity contribution in [2.75, 3.05) is 5.73 Å². The molecular weight excluding hydrogens is 252 g/mol. The fraction of sp³-hybridized carbons (Fsp3) is 0.0769. The van der Waals surface area contributed by atoms with E-state index in [1.54, 1.807) is 30.6 Å². The molecule has 0 aliphatic carbocycles. The van der Waals surface area contributed by atoms with Gasteiger partial charge in [-0.3, -0.25) is 4.98 Å². The maximum Gasteiger partial charge on any atom is 0.339 e. The molecule has 92 valence electrons. The van der Waals surface area contributed by atoms with Gasteiger partial charge in [0.1, 0.15) is 6.61 Å². The number of hydrogen-bond donors (Lipinski definition) is 1. The molecule has 18 heavy (non-hydrogen) atoms. The summed E-state index contributed by atoms with van der Waals surface area (Å²) in [5.74, 6) is -0.483. The van der Waals surface area contributed by atoms with Gasteiger partial charge in [0.05, 0.1) is 10.6 Å². The first-order valence-electron chi connectivity index (χ1n) is 5.28. The van der Waals surface area contributed by atoms with Crippen LogP contribution in [0.5, 0.6) is 0 Å². The van der Waals surface area contributed by atoms with Crippen LogP contribution in [0.25, 0.3) is 0 Å². The third kappa shape index (κ3) is 2.99. The summed E-state index contributed by atoms with van der Waals surface area (Å²) in [5, 5.41) is 0.284. The zero-order valence-electron chi connectivity index (χ0n) is 9.47. The molecule has 0 aliphatic rings. The van der Waals surface area contributed by atoms with Gasteiger partial charge in [0.2, 0.25) is 0 Å². The number of carbonyl (C=O) groups is 1. The molecule has 2 aromatic rings. The summed E-state index contributed by atoms with van der Waals surface area (Å²) in [6.07, 6.45) is 3.29. The third-order valence-corrected chi connectivity index (χ3v) is 2.62. The molecule has 0 aliphatic heterocycles. The van der Waals surface area contributed by atoms with Gasteiger partial charge in [-0.1, -0.05) is 17.7 Å². The van der Waals surface area contributed by atoms with Crippen molar-refractivity contribution in [2.45, 2.75) is 6.61 Å². The minimum Gasteiger partial charge on any atom is -0.457 e. The number of anilines is 1. The number of nitrogen functional groups attached to an aromatic ring is 1. The normalized spacial score (nSPS) is 10.1. The number of benzene rings is 1. The summed E-state index contributed by atoms with van der Waals surface area (Å²) >= 11 is 5.91. The molecule has 4 nitrogen and oxygen atoms in total. The largest absolute Gasteiger partial charge is 0.457 e. The minimum atomic E-state index is -0.483. The maximum absolute atomic E-state index is 11.8. The Morgan fingerprint density at radius 1 is 1.39 bits per heavy atom. The van der Waals surface area contributed by atoms with Crippen LogP contribution in [0.4, 0.5) is 5.69 Å². The molecular formula is C13H11ClN2O2. The van der Waals surface area contributed by atoms with Crippen molar-refractivity contribution in [3.05, 3.63) is 58.9 Å². The number of aromatic nitrogens is 1. The fourth-order valence-electron chi connectivity index (χ4n) is 1.41. The Balaban J connectivity index is 2.04. The zero-order chi connectivity index (χ0) is 13.0. The van der Waals surface area contributed by atoms with Crippen LogP contribution < -0.4 is 5.73 Å². The lowest BCUT2D eigenvalue weighted by Gasteiger charge is -2.06. The topological polar surface area (TPSA) is 65.2 Å². The van der Waals surface area contributed by atoms with Gasteiger partial charge in [0.25, 0.3) is 0 Å². The first-order chi connectivity index (χ1) is 8.66. The predicted molar refractivity (Wildman–Crippen MR) is 69.2 cm³/mol. The molecule has 1 aromatic carbocycles. The van der Waals surface area contributed by atoms with E-state index in [1.807, 2.05) is 6.07 Å². The van der Waals surface area contributed by atoms with Crippen molar-refractivity contribution >= 4 is 23.3 Å². The van der Waals surface area contributed by atoms with Crippen molar-refractivity contribution in [2.24, 2.45) is 0 Å². The molecule has 2 N–H and O–H groups in total. The highest BCUT2D eigenvalue weighted by Gasteiger charge is 2.11. The van der Waals surface area contributed by atoms with E-state index in [-0.39, 0.29) is 11.6 Å². The van der Waals surface area contributed by atoms with E-state index in [0.29, 0.717) is 11.3 Å². The first-order valence-corrected chi connectivity index (χ1v) is 5.65. The Labute approximate surface area is 109 Å². The number of nitrogens with zero attached hydrogens (tertiary/aromatic N) is 1. The first kappa shape index (κ1) is 12.4. The minimum absolute atomic E-state index is 0.160. The predicted octanol–water partition coefficient (Wildman–Crippen LogP) is 2.67. The summed E-state index contributed by atoms with van der Waals surface area (Å²) in [5.41, 5.74) is 7.17. The average Bonchev–Trinajstić information content (AvgIpc) is 2.37. The van der Waals surface area contributed by atoms with E-state index in [2.05, 4.69) is 4.98 Å². The van der Waals surface area contributed by atoms with E-state index in [0.717, 1.165) is 5.56 Å². The highest BCUT2D eigenvalue weighted by molar-refractivity contribution is 6.33. The SMILES string of the molecule is Nc1ccc(C(=O)OCc2cccnc2)c(Cl)c1. The van der Waals surface area contributed by atoms with E-state index in [1.165, 1.54) is 6.07 Å². The number of nitrogens with two attached hydrogens (primary N) is 1. The van der Waals surface area contributed by atoms with Gasteiger partial charge in [-0.05, 0) is 24.3 Å². The zero-order valence-corrected chi connectivity index (χ0v) is 10.2. The molecule has 0 saturated carbocycles. The van der Waals surface area contributed by atoms with Gasteiger partial charge in [-0.25, -0.2) is 4.79 Å². The van der Waals surface area contributed by atoms with Gasteiger partial charge in [0.15, 0.2) is 0 Å².